The van der Waals surface area contributed by atoms with Crippen LogP contribution in [0.3, 0.4) is 0 Å². The molecule has 0 fully saturated rings. The van der Waals surface area contributed by atoms with E-state index in [1.165, 1.54) is 12.1 Å². The van der Waals surface area contributed by atoms with Crippen molar-refractivity contribution >= 4 is 15.9 Å². The Balaban J connectivity index is 1.80. The molecule has 2 aromatic rings. The van der Waals surface area contributed by atoms with Gasteiger partial charge in [0.05, 0.1) is 0 Å². The summed E-state index contributed by atoms with van der Waals surface area (Å²) in [6.07, 6.45) is 2.66. The molecule has 1 aromatic heterocycles. The number of hydrogen-bond donors (Lipinski definition) is 1. The van der Waals surface area contributed by atoms with Gasteiger partial charge >= 0.3 is 0 Å². The molecule has 1 heterocycles. The van der Waals surface area contributed by atoms with Crippen molar-refractivity contribution in [3.8, 4) is 0 Å². The molecule has 1 aromatic carbocycles. The van der Waals surface area contributed by atoms with Crippen molar-refractivity contribution in [1.29, 1.82) is 0 Å². The fourth-order valence-corrected chi connectivity index (χ4v) is 2.05. The Morgan fingerprint density at radius 2 is 2.11 bits per heavy atom. The van der Waals surface area contributed by atoms with Crippen LogP contribution in [0, 0.1) is 5.82 Å². The summed E-state index contributed by atoms with van der Waals surface area (Å²) in [4.78, 5) is 4.25. The van der Waals surface area contributed by atoms with E-state index in [9.17, 15) is 4.39 Å². The summed E-state index contributed by atoms with van der Waals surface area (Å²) in [6, 6.07) is 10.6. The van der Waals surface area contributed by atoms with Gasteiger partial charge in [-0.25, -0.2) is 4.39 Å². The third-order valence-electron chi connectivity index (χ3n) is 2.61. The highest BCUT2D eigenvalue weighted by Gasteiger charge is 2.01. The predicted molar refractivity (Wildman–Crippen MR) is 73.7 cm³/mol. The molecule has 0 unspecified atom stereocenters. The fraction of sp³-hybridized carbons (Fsp3) is 0.214. The third kappa shape index (κ3) is 3.89. The average molecular weight is 309 g/mol. The normalized spacial score (nSPS) is 10.6. The molecular weight excluding hydrogens is 295 g/mol. The maximum atomic E-state index is 13.1. The predicted octanol–water partition coefficient (Wildman–Crippen LogP) is 3.32. The molecule has 4 heteroatoms. The van der Waals surface area contributed by atoms with Gasteiger partial charge in [-0.05, 0) is 35.9 Å². The third-order valence-corrected chi connectivity index (χ3v) is 3.38. The molecule has 0 aliphatic carbocycles. The first-order valence-electron chi connectivity index (χ1n) is 5.80. The van der Waals surface area contributed by atoms with Gasteiger partial charge in [0.15, 0.2) is 0 Å². The van der Waals surface area contributed by atoms with E-state index in [1.54, 1.807) is 12.3 Å². The molecule has 0 amide bonds. The van der Waals surface area contributed by atoms with Crippen LogP contribution in [-0.2, 0) is 13.0 Å². The molecule has 0 saturated carbocycles. The molecule has 0 radical (unpaired) electrons. The number of pyridine rings is 1. The maximum Gasteiger partial charge on any atom is 0.123 e. The number of nitrogens with one attached hydrogen (secondary N) is 1. The van der Waals surface area contributed by atoms with Crippen molar-refractivity contribution in [1.82, 2.24) is 10.3 Å². The molecule has 0 saturated heterocycles. The van der Waals surface area contributed by atoms with Crippen LogP contribution in [0.5, 0.6) is 0 Å². The van der Waals surface area contributed by atoms with Gasteiger partial charge in [0.2, 0.25) is 0 Å². The fourth-order valence-electron chi connectivity index (χ4n) is 1.66. The van der Waals surface area contributed by atoms with E-state index in [0.717, 1.165) is 28.7 Å². The van der Waals surface area contributed by atoms with Crippen LogP contribution in [0.4, 0.5) is 4.39 Å². The minimum absolute atomic E-state index is 0.209. The van der Waals surface area contributed by atoms with Crippen LogP contribution in [0.2, 0.25) is 0 Å². The molecule has 94 valence electrons. The number of benzene rings is 1. The van der Waals surface area contributed by atoms with E-state index in [1.807, 2.05) is 18.2 Å². The van der Waals surface area contributed by atoms with Gasteiger partial charge < -0.3 is 5.32 Å². The Morgan fingerprint density at radius 3 is 2.89 bits per heavy atom. The molecule has 0 aliphatic heterocycles. The van der Waals surface area contributed by atoms with E-state index < -0.39 is 0 Å². The van der Waals surface area contributed by atoms with Gasteiger partial charge in [0.25, 0.3) is 0 Å². The Morgan fingerprint density at radius 1 is 1.22 bits per heavy atom. The van der Waals surface area contributed by atoms with E-state index >= 15 is 0 Å². The Bertz CT molecular complexity index is 502. The molecule has 1 N–H and O–H groups in total. The quantitative estimate of drug-likeness (QED) is 0.857. The van der Waals surface area contributed by atoms with Crippen LogP contribution < -0.4 is 5.32 Å². The van der Waals surface area contributed by atoms with Crippen LogP contribution in [0.1, 0.15) is 11.3 Å². The van der Waals surface area contributed by atoms with Crippen LogP contribution in [-0.4, -0.2) is 11.5 Å². The summed E-state index contributed by atoms with van der Waals surface area (Å²) >= 11 is 3.41. The second-order valence-corrected chi connectivity index (χ2v) is 4.84. The Kier molecular flexibility index (Phi) is 4.84. The molecule has 0 bridgehead atoms. The SMILES string of the molecule is Fc1ccc(Br)c(CNCCc2ccccn2)c1. The molecular formula is C14H14BrFN2. The zero-order valence-corrected chi connectivity index (χ0v) is 11.5. The van der Waals surface area contributed by atoms with Crippen LogP contribution >= 0.6 is 15.9 Å². The Labute approximate surface area is 114 Å². The number of aromatic nitrogens is 1. The number of rotatable bonds is 5. The average Bonchev–Trinajstić information content (AvgIpc) is 2.40. The van der Waals surface area contributed by atoms with Gasteiger partial charge in [-0.1, -0.05) is 22.0 Å². The lowest BCUT2D eigenvalue weighted by Gasteiger charge is -2.07. The van der Waals surface area contributed by atoms with Crippen molar-refractivity contribution in [3.05, 3.63) is 64.1 Å². The highest BCUT2D eigenvalue weighted by Crippen LogP contribution is 2.17. The van der Waals surface area contributed by atoms with E-state index in [4.69, 9.17) is 0 Å². The molecule has 2 nitrogen and oxygen atoms in total. The summed E-state index contributed by atoms with van der Waals surface area (Å²) in [5.74, 6) is -0.209. The molecule has 0 aliphatic rings. The number of halogens is 2. The first-order chi connectivity index (χ1) is 8.75. The van der Waals surface area contributed by atoms with Crippen molar-refractivity contribution in [2.24, 2.45) is 0 Å². The van der Waals surface area contributed by atoms with Gasteiger partial charge in [-0.15, -0.1) is 0 Å². The van der Waals surface area contributed by atoms with Gasteiger partial charge in [0, 0.05) is 35.9 Å². The smallest absolute Gasteiger partial charge is 0.123 e. The summed E-state index contributed by atoms with van der Waals surface area (Å²) in [6.45, 7) is 1.46. The molecule has 18 heavy (non-hydrogen) atoms. The summed E-state index contributed by atoms with van der Waals surface area (Å²) < 4.78 is 14.0. The highest BCUT2D eigenvalue weighted by atomic mass is 79.9. The van der Waals surface area contributed by atoms with Gasteiger partial charge in [0.1, 0.15) is 5.82 Å². The largest absolute Gasteiger partial charge is 0.312 e. The molecule has 2 rings (SSSR count). The first kappa shape index (κ1) is 13.2. The van der Waals surface area contributed by atoms with E-state index in [-0.39, 0.29) is 5.82 Å². The molecule has 0 spiro atoms. The van der Waals surface area contributed by atoms with Crippen molar-refractivity contribution in [2.45, 2.75) is 13.0 Å². The summed E-state index contributed by atoms with van der Waals surface area (Å²) in [5, 5.41) is 3.28. The highest BCUT2D eigenvalue weighted by molar-refractivity contribution is 9.10. The zero-order valence-electron chi connectivity index (χ0n) is 9.87. The second kappa shape index (κ2) is 6.61. The maximum absolute atomic E-state index is 13.1. The minimum Gasteiger partial charge on any atom is -0.312 e. The van der Waals surface area contributed by atoms with Gasteiger partial charge in [-0.2, -0.15) is 0 Å². The lowest BCUT2D eigenvalue weighted by molar-refractivity contribution is 0.618. The van der Waals surface area contributed by atoms with Crippen molar-refractivity contribution in [2.75, 3.05) is 6.54 Å². The van der Waals surface area contributed by atoms with Crippen molar-refractivity contribution < 1.29 is 4.39 Å². The zero-order chi connectivity index (χ0) is 12.8. The second-order valence-electron chi connectivity index (χ2n) is 3.98. The topological polar surface area (TPSA) is 24.9 Å². The first-order valence-corrected chi connectivity index (χ1v) is 6.59. The lowest BCUT2D eigenvalue weighted by atomic mass is 10.2. The minimum atomic E-state index is -0.209. The standard InChI is InChI=1S/C14H14BrFN2/c15-14-5-4-12(16)9-11(14)10-17-8-6-13-3-1-2-7-18-13/h1-5,7,9,17H,6,8,10H2. The molecule has 0 atom stereocenters. The number of hydrogen-bond acceptors (Lipinski definition) is 2. The lowest BCUT2D eigenvalue weighted by Crippen LogP contribution is -2.17. The van der Waals surface area contributed by atoms with Crippen LogP contribution in [0.15, 0.2) is 47.1 Å². The Hall–Kier alpha value is -1.26. The van der Waals surface area contributed by atoms with Crippen molar-refractivity contribution in [3.63, 3.8) is 0 Å². The van der Waals surface area contributed by atoms with Gasteiger partial charge in [-0.3, -0.25) is 4.98 Å². The summed E-state index contributed by atoms with van der Waals surface area (Å²) in [5.41, 5.74) is 1.99. The monoisotopic (exact) mass is 308 g/mol. The number of nitrogens with zero attached hydrogens (tertiary/aromatic N) is 1. The van der Waals surface area contributed by atoms with Crippen LogP contribution in [0.25, 0.3) is 0 Å². The van der Waals surface area contributed by atoms with E-state index in [0.29, 0.717) is 6.54 Å². The van der Waals surface area contributed by atoms with E-state index in [2.05, 4.69) is 26.2 Å². The summed E-state index contributed by atoms with van der Waals surface area (Å²) in [7, 11) is 0.